The van der Waals surface area contributed by atoms with E-state index in [1.54, 1.807) is 0 Å². The van der Waals surface area contributed by atoms with Crippen LogP contribution in [0.2, 0.25) is 0 Å². The Morgan fingerprint density at radius 3 is 2.75 bits per heavy atom. The van der Waals surface area contributed by atoms with Crippen LogP contribution in [0.4, 0.5) is 0 Å². The Bertz CT molecular complexity index is 819. The van der Waals surface area contributed by atoms with Crippen LogP contribution < -0.4 is 10.1 Å². The highest BCUT2D eigenvalue weighted by molar-refractivity contribution is 5.85. The van der Waals surface area contributed by atoms with E-state index < -0.39 is 0 Å². The van der Waals surface area contributed by atoms with Crippen molar-refractivity contribution >= 4 is 10.9 Å². The largest absolute Gasteiger partial charge is 0.494 e. The molecule has 3 heteroatoms. The van der Waals surface area contributed by atoms with Gasteiger partial charge in [-0.25, -0.2) is 0 Å². The number of hydrogen-bond acceptors (Lipinski definition) is 2. The van der Waals surface area contributed by atoms with Crippen molar-refractivity contribution in [2.24, 2.45) is 0 Å². The maximum atomic E-state index is 5.78. The number of fused-ring (bicyclic) bond motifs is 3. The van der Waals surface area contributed by atoms with Crippen LogP contribution in [-0.2, 0) is 6.42 Å². The molecule has 1 unspecified atom stereocenters. The lowest BCUT2D eigenvalue weighted by Crippen LogP contribution is -2.30. The third kappa shape index (κ3) is 2.80. The van der Waals surface area contributed by atoms with Gasteiger partial charge in [-0.05, 0) is 42.2 Å². The molecule has 3 aromatic rings. The van der Waals surface area contributed by atoms with E-state index >= 15 is 0 Å². The zero-order chi connectivity index (χ0) is 16.4. The first kappa shape index (κ1) is 15.3. The number of ether oxygens (including phenoxy) is 1. The molecule has 1 atom stereocenters. The number of benzene rings is 2. The average molecular weight is 320 g/mol. The van der Waals surface area contributed by atoms with Crippen LogP contribution in [0.25, 0.3) is 10.9 Å². The molecule has 0 saturated carbocycles. The van der Waals surface area contributed by atoms with Gasteiger partial charge >= 0.3 is 0 Å². The van der Waals surface area contributed by atoms with Crippen LogP contribution in [0.5, 0.6) is 5.75 Å². The third-order valence-corrected chi connectivity index (χ3v) is 4.84. The van der Waals surface area contributed by atoms with E-state index in [4.69, 9.17) is 4.74 Å². The molecule has 0 radical (unpaired) electrons. The van der Waals surface area contributed by atoms with Gasteiger partial charge in [-0.3, -0.25) is 0 Å². The molecule has 3 nitrogen and oxygen atoms in total. The van der Waals surface area contributed by atoms with Gasteiger partial charge < -0.3 is 15.0 Å². The summed E-state index contributed by atoms with van der Waals surface area (Å²) >= 11 is 0. The zero-order valence-corrected chi connectivity index (χ0v) is 14.1. The molecule has 2 N–H and O–H groups in total. The second-order valence-corrected chi connectivity index (χ2v) is 6.47. The molecule has 0 saturated heterocycles. The minimum absolute atomic E-state index is 0.228. The van der Waals surface area contributed by atoms with Crippen LogP contribution >= 0.6 is 0 Å². The van der Waals surface area contributed by atoms with Gasteiger partial charge in [-0.2, -0.15) is 0 Å². The lowest BCUT2D eigenvalue weighted by molar-refractivity contribution is 0.309. The van der Waals surface area contributed by atoms with Crippen molar-refractivity contribution in [1.82, 2.24) is 10.3 Å². The van der Waals surface area contributed by atoms with E-state index in [-0.39, 0.29) is 6.04 Å². The monoisotopic (exact) mass is 320 g/mol. The van der Waals surface area contributed by atoms with E-state index in [0.29, 0.717) is 0 Å². The topological polar surface area (TPSA) is 37.0 Å². The highest BCUT2D eigenvalue weighted by Crippen LogP contribution is 2.33. The molecule has 1 aliphatic rings. The Morgan fingerprint density at radius 1 is 1.08 bits per heavy atom. The number of para-hydroxylation sites is 1. The Labute approximate surface area is 143 Å². The number of unbranched alkanes of at least 4 members (excludes halogenated alkanes) is 1. The molecule has 0 bridgehead atoms. The minimum Gasteiger partial charge on any atom is -0.494 e. The molecule has 0 amide bonds. The van der Waals surface area contributed by atoms with Crippen molar-refractivity contribution in [3.63, 3.8) is 0 Å². The van der Waals surface area contributed by atoms with E-state index in [1.165, 1.54) is 27.7 Å². The molecule has 124 valence electrons. The molecule has 4 rings (SSSR count). The van der Waals surface area contributed by atoms with Crippen molar-refractivity contribution in [3.05, 3.63) is 65.4 Å². The van der Waals surface area contributed by atoms with Gasteiger partial charge in [-0.1, -0.05) is 43.7 Å². The van der Waals surface area contributed by atoms with E-state index in [1.807, 2.05) is 0 Å². The van der Waals surface area contributed by atoms with Crippen LogP contribution in [0.1, 0.15) is 42.6 Å². The molecule has 2 aromatic carbocycles. The molecule has 2 heterocycles. The Balaban J connectivity index is 1.61. The summed E-state index contributed by atoms with van der Waals surface area (Å²) in [4.78, 5) is 3.63. The van der Waals surface area contributed by atoms with Crippen molar-refractivity contribution in [2.75, 3.05) is 13.2 Å². The molecular formula is C21H24N2O. The van der Waals surface area contributed by atoms with Gasteiger partial charge in [-0.15, -0.1) is 0 Å². The number of H-pyrrole nitrogens is 1. The Morgan fingerprint density at radius 2 is 1.92 bits per heavy atom. The Kier molecular flexibility index (Phi) is 4.26. The summed E-state index contributed by atoms with van der Waals surface area (Å²) in [6.45, 7) is 3.98. The van der Waals surface area contributed by atoms with Crippen LogP contribution in [0.15, 0.2) is 48.5 Å². The van der Waals surface area contributed by atoms with Gasteiger partial charge in [0.2, 0.25) is 0 Å². The molecule has 1 aliphatic heterocycles. The fraction of sp³-hybridized carbons (Fsp3) is 0.333. The highest BCUT2D eigenvalue weighted by atomic mass is 16.5. The maximum absolute atomic E-state index is 5.78. The molecule has 0 spiro atoms. The summed E-state index contributed by atoms with van der Waals surface area (Å²) in [5.74, 6) is 0.958. The van der Waals surface area contributed by atoms with E-state index in [2.05, 4.69) is 65.8 Å². The number of rotatable bonds is 5. The molecule has 1 aromatic heterocycles. The van der Waals surface area contributed by atoms with Crippen LogP contribution in [0, 0.1) is 0 Å². The second-order valence-electron chi connectivity index (χ2n) is 6.47. The highest BCUT2D eigenvalue weighted by Gasteiger charge is 2.24. The fourth-order valence-corrected chi connectivity index (χ4v) is 3.56. The fourth-order valence-electron chi connectivity index (χ4n) is 3.56. The van der Waals surface area contributed by atoms with Gasteiger partial charge in [0, 0.05) is 23.1 Å². The lowest BCUT2D eigenvalue weighted by atomic mass is 9.94. The van der Waals surface area contributed by atoms with Crippen molar-refractivity contribution < 1.29 is 4.74 Å². The number of hydrogen-bond donors (Lipinski definition) is 2. The Hall–Kier alpha value is -2.26. The summed E-state index contributed by atoms with van der Waals surface area (Å²) in [6, 6.07) is 17.4. The maximum Gasteiger partial charge on any atom is 0.119 e. The van der Waals surface area contributed by atoms with Gasteiger partial charge in [0.05, 0.1) is 12.6 Å². The third-order valence-electron chi connectivity index (χ3n) is 4.84. The summed E-state index contributed by atoms with van der Waals surface area (Å²) in [5, 5.41) is 5.01. The van der Waals surface area contributed by atoms with E-state index in [0.717, 1.165) is 38.2 Å². The number of aromatic amines is 1. The van der Waals surface area contributed by atoms with E-state index in [9.17, 15) is 0 Å². The van der Waals surface area contributed by atoms with Crippen LogP contribution in [0.3, 0.4) is 0 Å². The summed E-state index contributed by atoms with van der Waals surface area (Å²) < 4.78 is 5.78. The van der Waals surface area contributed by atoms with Crippen molar-refractivity contribution in [1.29, 1.82) is 0 Å². The average Bonchev–Trinajstić information content (AvgIpc) is 3.01. The van der Waals surface area contributed by atoms with Gasteiger partial charge in [0.15, 0.2) is 0 Å². The molecule has 0 fully saturated rings. The quantitative estimate of drug-likeness (QED) is 0.675. The first-order valence-electron chi connectivity index (χ1n) is 8.92. The van der Waals surface area contributed by atoms with Gasteiger partial charge in [0.25, 0.3) is 0 Å². The van der Waals surface area contributed by atoms with Crippen LogP contribution in [-0.4, -0.2) is 18.1 Å². The standard InChI is InChI=1S/C21H24N2O/c1-2-3-14-24-16-10-8-15(9-11-16)20-21-18(12-13-22-20)17-6-4-5-7-19(17)23-21/h4-11,20,22-23H,2-3,12-14H2,1H3. The van der Waals surface area contributed by atoms with Crippen molar-refractivity contribution in [2.45, 2.75) is 32.2 Å². The first-order chi connectivity index (χ1) is 11.9. The predicted octanol–water partition coefficient (Wildman–Crippen LogP) is 4.58. The molecular weight excluding hydrogens is 296 g/mol. The lowest BCUT2D eigenvalue weighted by Gasteiger charge is -2.25. The summed E-state index contributed by atoms with van der Waals surface area (Å²) in [7, 11) is 0. The second kappa shape index (κ2) is 6.70. The van der Waals surface area contributed by atoms with Gasteiger partial charge in [0.1, 0.15) is 5.75 Å². The summed E-state index contributed by atoms with van der Waals surface area (Å²) in [6.07, 6.45) is 3.34. The summed E-state index contributed by atoms with van der Waals surface area (Å²) in [5.41, 5.74) is 5.28. The number of aromatic nitrogens is 1. The zero-order valence-electron chi connectivity index (χ0n) is 14.1. The predicted molar refractivity (Wildman–Crippen MR) is 98.7 cm³/mol. The van der Waals surface area contributed by atoms with Crippen molar-refractivity contribution in [3.8, 4) is 5.75 Å². The SMILES string of the molecule is CCCCOc1ccc(C2NCCc3c2[nH]c2ccccc32)cc1. The molecule has 0 aliphatic carbocycles. The first-order valence-corrected chi connectivity index (χ1v) is 8.92. The normalized spacial score (nSPS) is 17.0. The smallest absolute Gasteiger partial charge is 0.119 e. The minimum atomic E-state index is 0.228. The number of nitrogens with one attached hydrogen (secondary N) is 2. The molecule has 24 heavy (non-hydrogen) atoms.